The van der Waals surface area contributed by atoms with Crippen molar-refractivity contribution < 1.29 is 18.3 Å². The third-order valence-electron chi connectivity index (χ3n) is 2.56. The van der Waals surface area contributed by atoms with Crippen LogP contribution >= 0.6 is 0 Å². The van der Waals surface area contributed by atoms with Crippen molar-refractivity contribution in [2.75, 3.05) is 6.54 Å². The van der Waals surface area contributed by atoms with Crippen LogP contribution in [0.5, 0.6) is 0 Å². The summed E-state index contributed by atoms with van der Waals surface area (Å²) in [7, 11) is -3.38. The maximum atomic E-state index is 11.6. The van der Waals surface area contributed by atoms with Crippen molar-refractivity contribution in [3.05, 3.63) is 0 Å². The summed E-state index contributed by atoms with van der Waals surface area (Å²) in [4.78, 5) is 10.4. The van der Waals surface area contributed by atoms with E-state index in [-0.39, 0.29) is 11.8 Å². The number of nitrogens with one attached hydrogen (secondary N) is 1. The van der Waals surface area contributed by atoms with E-state index in [0.29, 0.717) is 12.8 Å². The van der Waals surface area contributed by atoms with Crippen LogP contribution < -0.4 is 10.5 Å². The third-order valence-corrected chi connectivity index (χ3v) is 4.48. The number of carboxylic acids is 1. The lowest BCUT2D eigenvalue weighted by Crippen LogP contribution is -2.44. The van der Waals surface area contributed by atoms with Gasteiger partial charge in [0, 0.05) is 6.54 Å². The fraction of sp³-hybridized carbons (Fsp3) is 0.875. The number of sulfonamides is 1. The molecule has 0 aromatic heterocycles. The molecule has 0 radical (unpaired) electrons. The SMILES string of the molecule is N[C@@H](CNS(=O)(=O)C1CCCC1)C(=O)O. The average Bonchev–Trinajstić information content (AvgIpc) is 2.67. The van der Waals surface area contributed by atoms with E-state index < -0.39 is 22.0 Å². The zero-order valence-corrected chi connectivity index (χ0v) is 9.16. The Kier molecular flexibility index (Phi) is 4.06. The monoisotopic (exact) mass is 236 g/mol. The van der Waals surface area contributed by atoms with Crippen LogP contribution in [0.3, 0.4) is 0 Å². The Labute approximate surface area is 88.9 Å². The number of hydrogen-bond acceptors (Lipinski definition) is 4. The molecule has 6 nitrogen and oxygen atoms in total. The Bertz CT molecular complexity index is 322. The molecule has 1 aliphatic rings. The lowest BCUT2D eigenvalue weighted by molar-refractivity contribution is -0.138. The lowest BCUT2D eigenvalue weighted by Gasteiger charge is -2.13. The number of rotatable bonds is 5. The van der Waals surface area contributed by atoms with Crippen molar-refractivity contribution in [2.45, 2.75) is 37.0 Å². The Hall–Kier alpha value is -0.660. The quantitative estimate of drug-likeness (QED) is 0.582. The highest BCUT2D eigenvalue weighted by Crippen LogP contribution is 2.23. The van der Waals surface area contributed by atoms with Gasteiger partial charge in [-0.25, -0.2) is 13.1 Å². The van der Waals surface area contributed by atoms with Crippen LogP contribution in [-0.2, 0) is 14.8 Å². The highest BCUT2D eigenvalue weighted by molar-refractivity contribution is 7.90. The van der Waals surface area contributed by atoms with Gasteiger partial charge in [-0.3, -0.25) is 4.79 Å². The Morgan fingerprint density at radius 3 is 2.47 bits per heavy atom. The molecule has 0 heterocycles. The van der Waals surface area contributed by atoms with Crippen LogP contribution in [0.15, 0.2) is 0 Å². The van der Waals surface area contributed by atoms with E-state index in [0.717, 1.165) is 12.8 Å². The van der Waals surface area contributed by atoms with Crippen molar-refractivity contribution in [1.82, 2.24) is 4.72 Å². The first-order valence-electron chi connectivity index (χ1n) is 4.90. The number of carboxylic acid groups (broad SMARTS) is 1. The fourth-order valence-electron chi connectivity index (χ4n) is 1.61. The summed E-state index contributed by atoms with van der Waals surface area (Å²) >= 11 is 0. The number of hydrogen-bond donors (Lipinski definition) is 3. The largest absolute Gasteiger partial charge is 0.480 e. The van der Waals surface area contributed by atoms with Crippen LogP contribution in [0.2, 0.25) is 0 Å². The first-order valence-corrected chi connectivity index (χ1v) is 6.45. The molecule has 15 heavy (non-hydrogen) atoms. The molecule has 1 atom stereocenters. The first-order chi connectivity index (χ1) is 6.93. The summed E-state index contributed by atoms with van der Waals surface area (Å²) in [5, 5.41) is 8.11. The molecule has 0 aromatic rings. The van der Waals surface area contributed by atoms with Gasteiger partial charge in [0.05, 0.1) is 5.25 Å². The number of nitrogens with two attached hydrogens (primary N) is 1. The van der Waals surface area contributed by atoms with Gasteiger partial charge in [-0.05, 0) is 12.8 Å². The summed E-state index contributed by atoms with van der Waals surface area (Å²) in [5.74, 6) is -1.20. The third kappa shape index (κ3) is 3.44. The predicted molar refractivity (Wildman–Crippen MR) is 54.8 cm³/mol. The van der Waals surface area contributed by atoms with Crippen LogP contribution in [0, 0.1) is 0 Å². The summed E-state index contributed by atoms with van der Waals surface area (Å²) in [6.45, 7) is -0.242. The minimum absolute atomic E-state index is 0.242. The van der Waals surface area contributed by atoms with Crippen molar-refractivity contribution in [2.24, 2.45) is 5.73 Å². The molecule has 1 fully saturated rings. The van der Waals surface area contributed by atoms with E-state index in [9.17, 15) is 13.2 Å². The first kappa shape index (κ1) is 12.4. The average molecular weight is 236 g/mol. The maximum absolute atomic E-state index is 11.6. The van der Waals surface area contributed by atoms with Gasteiger partial charge in [-0.2, -0.15) is 0 Å². The maximum Gasteiger partial charge on any atom is 0.321 e. The van der Waals surface area contributed by atoms with E-state index in [1.54, 1.807) is 0 Å². The second kappa shape index (κ2) is 4.91. The summed E-state index contributed by atoms with van der Waals surface area (Å²) in [5.41, 5.74) is 5.20. The van der Waals surface area contributed by atoms with Crippen LogP contribution in [0.4, 0.5) is 0 Å². The Morgan fingerprint density at radius 2 is 2.00 bits per heavy atom. The van der Waals surface area contributed by atoms with Gasteiger partial charge in [0.1, 0.15) is 6.04 Å². The minimum atomic E-state index is -3.38. The van der Waals surface area contributed by atoms with Gasteiger partial charge in [0.2, 0.25) is 10.0 Å². The molecule has 0 bridgehead atoms. The minimum Gasteiger partial charge on any atom is -0.480 e. The van der Waals surface area contributed by atoms with E-state index >= 15 is 0 Å². The van der Waals surface area contributed by atoms with Crippen molar-refractivity contribution in [1.29, 1.82) is 0 Å². The molecule has 1 rings (SSSR count). The van der Waals surface area contributed by atoms with Crippen molar-refractivity contribution >= 4 is 16.0 Å². The zero-order chi connectivity index (χ0) is 11.5. The molecule has 0 amide bonds. The normalized spacial score (nSPS) is 20.3. The molecule has 7 heteroatoms. The molecule has 4 N–H and O–H groups in total. The Morgan fingerprint density at radius 1 is 1.47 bits per heavy atom. The standard InChI is InChI=1S/C8H16N2O4S/c9-7(8(11)12)5-10-15(13,14)6-3-1-2-4-6/h6-7,10H,1-5,9H2,(H,11,12)/t7-/m0/s1. The molecule has 1 saturated carbocycles. The molecule has 0 aliphatic heterocycles. The van der Waals surface area contributed by atoms with Crippen molar-refractivity contribution in [3.63, 3.8) is 0 Å². The topological polar surface area (TPSA) is 109 Å². The van der Waals surface area contributed by atoms with E-state index in [2.05, 4.69) is 4.72 Å². The summed E-state index contributed by atoms with van der Waals surface area (Å²) < 4.78 is 25.4. The molecule has 0 unspecified atom stereocenters. The van der Waals surface area contributed by atoms with E-state index in [4.69, 9.17) is 10.8 Å². The highest BCUT2D eigenvalue weighted by Gasteiger charge is 2.29. The van der Waals surface area contributed by atoms with Crippen molar-refractivity contribution in [3.8, 4) is 0 Å². The fourth-order valence-corrected chi connectivity index (χ4v) is 3.21. The summed E-state index contributed by atoms with van der Waals surface area (Å²) in [6.07, 6.45) is 3.13. The molecule has 0 saturated heterocycles. The molecule has 88 valence electrons. The number of aliphatic carboxylic acids is 1. The smallest absolute Gasteiger partial charge is 0.321 e. The van der Waals surface area contributed by atoms with Gasteiger partial charge in [-0.15, -0.1) is 0 Å². The van der Waals surface area contributed by atoms with Gasteiger partial charge >= 0.3 is 5.97 Å². The zero-order valence-electron chi connectivity index (χ0n) is 8.35. The van der Waals surface area contributed by atoms with E-state index in [1.165, 1.54) is 0 Å². The second-order valence-electron chi connectivity index (χ2n) is 3.74. The van der Waals surface area contributed by atoms with Crippen LogP contribution in [0.25, 0.3) is 0 Å². The molecule has 0 spiro atoms. The summed E-state index contributed by atoms with van der Waals surface area (Å²) in [6, 6.07) is -1.18. The van der Waals surface area contributed by atoms with E-state index in [1.807, 2.05) is 0 Å². The van der Waals surface area contributed by atoms with Gasteiger partial charge < -0.3 is 10.8 Å². The predicted octanol–water partition coefficient (Wildman–Crippen LogP) is -0.740. The molecular formula is C8H16N2O4S. The molecule has 0 aromatic carbocycles. The molecular weight excluding hydrogens is 220 g/mol. The van der Waals surface area contributed by atoms with Gasteiger partial charge in [-0.1, -0.05) is 12.8 Å². The Balaban J connectivity index is 2.46. The highest BCUT2D eigenvalue weighted by atomic mass is 32.2. The second-order valence-corrected chi connectivity index (χ2v) is 5.79. The van der Waals surface area contributed by atoms with Crippen LogP contribution in [0.1, 0.15) is 25.7 Å². The lowest BCUT2D eigenvalue weighted by atomic mass is 10.3. The van der Waals surface area contributed by atoms with Crippen LogP contribution in [-0.4, -0.2) is 37.3 Å². The van der Waals surface area contributed by atoms with Gasteiger partial charge in [0.15, 0.2) is 0 Å². The number of carbonyl (C=O) groups is 1. The van der Waals surface area contributed by atoms with Gasteiger partial charge in [0.25, 0.3) is 0 Å². The molecule has 1 aliphatic carbocycles.